The summed E-state index contributed by atoms with van der Waals surface area (Å²) >= 11 is 0. The Kier molecular flexibility index (Phi) is 25.8. The number of nitrogens with zero attached hydrogens (tertiary/aromatic N) is 2. The minimum Gasteiger partial charge on any atom is -0.480 e. The van der Waals surface area contributed by atoms with Gasteiger partial charge in [-0.2, -0.15) is 4.98 Å². The van der Waals surface area contributed by atoms with Crippen LogP contribution in [0.5, 0.6) is 0 Å². The summed E-state index contributed by atoms with van der Waals surface area (Å²) in [7, 11) is 1.00. The molecule has 29 heavy (non-hydrogen) atoms. The average Bonchev–Trinajstić information content (AvgIpc) is 3.16. The van der Waals surface area contributed by atoms with Gasteiger partial charge in [0.15, 0.2) is 11.9 Å². The molecule has 0 aromatic carbocycles. The van der Waals surface area contributed by atoms with E-state index in [1.165, 1.54) is 20.8 Å². The lowest BCUT2D eigenvalue weighted by atomic mass is 10.2. The summed E-state index contributed by atoms with van der Waals surface area (Å²) in [6.07, 6.45) is 14.8. The molecule has 1 aromatic heterocycles. The van der Waals surface area contributed by atoms with Crippen LogP contribution in [-0.2, 0) is 22.7 Å². The van der Waals surface area contributed by atoms with Crippen molar-refractivity contribution in [3.63, 3.8) is 0 Å². The van der Waals surface area contributed by atoms with Gasteiger partial charge in [0.05, 0.1) is 19.2 Å². The summed E-state index contributed by atoms with van der Waals surface area (Å²) in [5.41, 5.74) is 5.27. The third-order valence-electron chi connectivity index (χ3n) is 2.13. The van der Waals surface area contributed by atoms with Gasteiger partial charge in [0, 0.05) is 7.11 Å². The molecule has 164 valence electrons. The van der Waals surface area contributed by atoms with Crippen LogP contribution in [0.25, 0.3) is 0 Å². The second kappa shape index (κ2) is 22.6. The Bertz CT molecular complexity index is 602. The predicted molar refractivity (Wildman–Crippen MR) is 105 cm³/mol. The number of aliphatic hydroxyl groups excluding tert-OH is 2. The van der Waals surface area contributed by atoms with E-state index < -0.39 is 24.1 Å². The third kappa shape index (κ3) is 20.7. The molecule has 0 spiro atoms. The smallest absolute Gasteiger partial charge is 0.328 e. The van der Waals surface area contributed by atoms with Crippen LogP contribution in [0.2, 0.25) is 0 Å². The number of carbonyl (C=O) groups excluding carboxylic acids is 2. The normalized spacial score (nSPS) is 10.2. The molecule has 2 amide bonds. The predicted octanol–water partition coefficient (Wildman–Crippen LogP) is -1.14. The van der Waals surface area contributed by atoms with Gasteiger partial charge in [-0.25, -0.2) is 9.59 Å². The van der Waals surface area contributed by atoms with Crippen LogP contribution in [0, 0.1) is 25.7 Å². The molecule has 1 aromatic rings. The number of nitrogens with two attached hydrogens (primary N) is 1. The Morgan fingerprint density at radius 2 is 1.62 bits per heavy atom. The Hall–Kier alpha value is -3.45. The maximum atomic E-state index is 11.4. The van der Waals surface area contributed by atoms with E-state index in [4.69, 9.17) is 20.5 Å². The fourth-order valence-corrected chi connectivity index (χ4v) is 1.18. The molecule has 0 fully saturated rings. The van der Waals surface area contributed by atoms with Gasteiger partial charge in [-0.15, -0.1) is 25.7 Å². The molecular formula is C17H29N5O7. The molecule has 1 rings (SSSR count). The van der Waals surface area contributed by atoms with E-state index in [0.29, 0.717) is 5.82 Å². The number of ketones is 1. The van der Waals surface area contributed by atoms with Crippen LogP contribution in [0.3, 0.4) is 0 Å². The molecule has 0 saturated heterocycles. The third-order valence-corrected chi connectivity index (χ3v) is 2.13. The topological polar surface area (TPSA) is 201 Å². The van der Waals surface area contributed by atoms with Crippen molar-refractivity contribution in [3.8, 4) is 25.7 Å². The summed E-state index contributed by atoms with van der Waals surface area (Å²) in [6.45, 7) is 4.34. The number of carbonyl (C=O) groups is 3. The largest absolute Gasteiger partial charge is 0.480 e. The molecule has 2 atom stereocenters. The molecule has 0 aliphatic carbocycles. The van der Waals surface area contributed by atoms with E-state index in [1.54, 1.807) is 0 Å². The summed E-state index contributed by atoms with van der Waals surface area (Å²) in [6, 6.07) is -2.18. The number of carboxylic acid groups (broad SMARTS) is 1. The fourth-order valence-electron chi connectivity index (χ4n) is 1.18. The van der Waals surface area contributed by atoms with Crippen molar-refractivity contribution in [1.29, 1.82) is 0 Å². The van der Waals surface area contributed by atoms with Gasteiger partial charge >= 0.3 is 12.0 Å². The number of urea groups is 1. The molecule has 12 nitrogen and oxygen atoms in total. The number of aromatic nitrogens is 2. The number of aliphatic hydroxyl groups is 2. The fraction of sp³-hybridized carbons (Fsp3) is 0.471. The highest BCUT2D eigenvalue weighted by Gasteiger charge is 2.24. The summed E-state index contributed by atoms with van der Waals surface area (Å²) in [5.74, 6) is -0.738. The lowest BCUT2D eigenvalue weighted by molar-refractivity contribution is -0.141. The number of hydrogen-bond acceptors (Lipinski definition) is 9. The molecule has 0 radical (unpaired) electrons. The first-order valence-electron chi connectivity index (χ1n) is 7.72. The molecular weight excluding hydrogens is 386 g/mol. The molecule has 7 N–H and O–H groups in total. The molecule has 2 unspecified atom stereocenters. The van der Waals surface area contributed by atoms with Crippen LogP contribution in [0.15, 0.2) is 4.52 Å². The van der Waals surface area contributed by atoms with Crippen molar-refractivity contribution < 1.29 is 34.2 Å². The van der Waals surface area contributed by atoms with Crippen LogP contribution in [0.4, 0.5) is 4.79 Å². The van der Waals surface area contributed by atoms with Gasteiger partial charge < -0.3 is 41.0 Å². The maximum Gasteiger partial charge on any atom is 0.328 e. The maximum absolute atomic E-state index is 11.4. The molecule has 0 aliphatic heterocycles. The number of aliphatic carboxylic acids is 1. The number of carboxylic acids is 1. The van der Waals surface area contributed by atoms with Crippen LogP contribution in [0.1, 0.15) is 32.5 Å². The zero-order chi connectivity index (χ0) is 24.0. The molecule has 12 heteroatoms. The highest BCUT2D eigenvalue weighted by molar-refractivity contribution is 5.82. The van der Waals surface area contributed by atoms with Gasteiger partial charge in [-0.3, -0.25) is 0 Å². The van der Waals surface area contributed by atoms with Crippen molar-refractivity contribution in [2.45, 2.75) is 46.0 Å². The number of terminal acetylenes is 2. The Labute approximate surface area is 169 Å². The van der Waals surface area contributed by atoms with Crippen molar-refractivity contribution in [2.75, 3.05) is 7.11 Å². The van der Waals surface area contributed by atoms with Crippen LogP contribution >= 0.6 is 0 Å². The lowest BCUT2D eigenvalue weighted by Gasteiger charge is -2.16. The quantitative estimate of drug-likeness (QED) is 0.308. The van der Waals surface area contributed by atoms with Crippen LogP contribution < -0.4 is 16.4 Å². The summed E-state index contributed by atoms with van der Waals surface area (Å²) in [5, 5.41) is 32.9. The minimum absolute atomic E-state index is 0.0784. The minimum atomic E-state index is -1.40. The lowest BCUT2D eigenvalue weighted by Crippen LogP contribution is -2.51. The van der Waals surface area contributed by atoms with E-state index in [-0.39, 0.29) is 24.8 Å². The van der Waals surface area contributed by atoms with E-state index in [0.717, 1.165) is 7.11 Å². The second-order valence-electron chi connectivity index (χ2n) is 4.60. The standard InChI is InChI=1S/C9H15N5O5.C3H6O.2C2H2.CH4O/c1-4(15)7(8(16)17)13-9(18)11-3-6-12-5(2-10)14-19-6;1-3(2)4;3*1-2/h4,7,15H,2-3,10H2,1H3,(H,16,17)(H2,11,13,18);1-2H3;2*1-2H;2H,1H3. The molecule has 1 heterocycles. The molecule has 0 saturated carbocycles. The molecule has 0 bridgehead atoms. The van der Waals surface area contributed by atoms with Gasteiger partial charge in [-0.1, -0.05) is 5.16 Å². The molecule has 0 aliphatic rings. The summed E-state index contributed by atoms with van der Waals surface area (Å²) in [4.78, 5) is 35.4. The van der Waals surface area contributed by atoms with Crippen molar-refractivity contribution >= 4 is 17.8 Å². The van der Waals surface area contributed by atoms with Crippen molar-refractivity contribution in [2.24, 2.45) is 5.73 Å². The van der Waals surface area contributed by atoms with Gasteiger partial charge in [-0.05, 0) is 20.8 Å². The van der Waals surface area contributed by atoms with Crippen LogP contribution in [-0.4, -0.2) is 62.5 Å². The summed E-state index contributed by atoms with van der Waals surface area (Å²) < 4.78 is 4.76. The number of rotatable bonds is 6. The zero-order valence-corrected chi connectivity index (χ0v) is 16.8. The van der Waals surface area contributed by atoms with Crippen molar-refractivity contribution in [3.05, 3.63) is 11.7 Å². The number of Topliss-reactive ketones (excluding diaryl/α,β-unsaturated/α-hetero) is 1. The zero-order valence-electron chi connectivity index (χ0n) is 16.8. The first-order chi connectivity index (χ1) is 13.7. The number of nitrogens with one attached hydrogen (secondary N) is 2. The Balaban J connectivity index is -0.000000266. The highest BCUT2D eigenvalue weighted by Crippen LogP contribution is 1.96. The number of hydrogen-bond donors (Lipinski definition) is 6. The van der Waals surface area contributed by atoms with Gasteiger partial charge in [0.25, 0.3) is 0 Å². The van der Waals surface area contributed by atoms with Gasteiger partial charge in [0.1, 0.15) is 5.78 Å². The van der Waals surface area contributed by atoms with Gasteiger partial charge in [0.2, 0.25) is 5.89 Å². The van der Waals surface area contributed by atoms with E-state index in [1.807, 2.05) is 0 Å². The second-order valence-corrected chi connectivity index (χ2v) is 4.60. The SMILES string of the molecule is C#C.C#C.CC(C)=O.CC(O)C(NC(=O)NCc1nc(CN)no1)C(=O)O.CO. The highest BCUT2D eigenvalue weighted by atomic mass is 16.5. The first kappa shape index (κ1) is 33.2. The average molecular weight is 415 g/mol. The Morgan fingerprint density at radius 3 is 1.93 bits per heavy atom. The number of amides is 2. The monoisotopic (exact) mass is 415 g/mol. The van der Waals surface area contributed by atoms with E-state index >= 15 is 0 Å². The Morgan fingerprint density at radius 1 is 1.17 bits per heavy atom. The van der Waals surface area contributed by atoms with E-state index in [2.05, 4.69) is 46.5 Å². The van der Waals surface area contributed by atoms with E-state index in [9.17, 15) is 19.5 Å². The van der Waals surface area contributed by atoms with Crippen molar-refractivity contribution in [1.82, 2.24) is 20.8 Å². The first-order valence-corrected chi connectivity index (χ1v) is 7.72.